The summed E-state index contributed by atoms with van der Waals surface area (Å²) in [6, 6.07) is 30.5. The minimum atomic E-state index is -4.83. The van der Waals surface area contributed by atoms with Crippen LogP contribution < -0.4 is 44.4 Å². The van der Waals surface area contributed by atoms with Gasteiger partial charge in [-0.25, -0.2) is 0 Å². The Labute approximate surface area is 216 Å². The second-order valence-electron chi connectivity index (χ2n) is 8.61. The Hall–Kier alpha value is -3.23. The van der Waals surface area contributed by atoms with Crippen molar-refractivity contribution in [2.75, 3.05) is 31.2 Å². The summed E-state index contributed by atoms with van der Waals surface area (Å²) in [4.78, 5) is 15.9. The van der Waals surface area contributed by atoms with Crippen molar-refractivity contribution in [2.24, 2.45) is 0 Å². The van der Waals surface area contributed by atoms with Crippen LogP contribution in [0.1, 0.15) is 0 Å². The molecule has 192 valence electrons. The zero-order chi connectivity index (χ0) is 26.0. The fourth-order valence-corrected chi connectivity index (χ4v) is 10.9. The summed E-state index contributed by atoms with van der Waals surface area (Å²) in [6.45, 7) is -2.58. The van der Waals surface area contributed by atoms with Gasteiger partial charge in [-0.2, -0.15) is 0 Å². The van der Waals surface area contributed by atoms with E-state index in [-0.39, 0.29) is 5.88 Å². The van der Waals surface area contributed by atoms with Crippen molar-refractivity contribution >= 4 is 39.7 Å². The molecule has 0 radical (unpaired) electrons. The zero-order valence-electron chi connectivity index (χ0n) is 19.8. The monoisotopic (exact) mass is 541 g/mol. The molecule has 0 unspecified atom stereocenters. The third-order valence-electron chi connectivity index (χ3n) is 6.73. The number of carbonyl (C=O) groups excluding carboxylic acids is 1. The normalized spacial score (nSPS) is 15.5. The molecule has 1 fully saturated rings. The first-order valence-electron chi connectivity index (χ1n) is 11.6. The molecule has 5 rings (SSSR count). The summed E-state index contributed by atoms with van der Waals surface area (Å²) in [5.74, 6) is -0.245. The van der Waals surface area contributed by atoms with E-state index >= 15 is 0 Å². The van der Waals surface area contributed by atoms with Crippen LogP contribution in [-0.2, 0) is 9.53 Å². The molecule has 2 heterocycles. The maximum absolute atomic E-state index is 14.0. The van der Waals surface area contributed by atoms with Gasteiger partial charge in [-0.3, -0.25) is 0 Å². The van der Waals surface area contributed by atoms with Gasteiger partial charge in [-0.15, -0.1) is 0 Å². The van der Waals surface area contributed by atoms with E-state index in [9.17, 15) is 18.8 Å². The zero-order valence-corrected chi connectivity index (χ0v) is 21.4. The molecule has 0 spiro atoms. The van der Waals surface area contributed by atoms with E-state index in [2.05, 4.69) is 4.29 Å². The Balaban J connectivity index is 1.96. The molecule has 10 heteroatoms. The van der Waals surface area contributed by atoms with E-state index in [0.29, 0.717) is 31.6 Å². The molecule has 0 atom stereocenters. The van der Waals surface area contributed by atoms with Gasteiger partial charge in [0.25, 0.3) is 0 Å². The summed E-state index contributed by atoms with van der Waals surface area (Å²) < 4.78 is 50.8. The van der Waals surface area contributed by atoms with Crippen LogP contribution in [0, 0.1) is 10.2 Å². The minimum absolute atomic E-state index is 0.262. The van der Waals surface area contributed by atoms with Gasteiger partial charge in [0.1, 0.15) is 0 Å². The first-order chi connectivity index (χ1) is 17.9. The average molecular weight is 542 g/mol. The molecule has 37 heavy (non-hydrogen) atoms. The number of halogens is 1. The molecule has 1 aliphatic heterocycles. The van der Waals surface area contributed by atoms with Crippen LogP contribution in [0.3, 0.4) is 0 Å². The van der Waals surface area contributed by atoms with Crippen LogP contribution in [-0.4, -0.2) is 32.3 Å². The van der Waals surface area contributed by atoms with Gasteiger partial charge in [-0.05, 0) is 0 Å². The molecule has 1 saturated heterocycles. The van der Waals surface area contributed by atoms with Crippen molar-refractivity contribution < 1.29 is 42.5 Å². The van der Waals surface area contributed by atoms with E-state index in [1.54, 1.807) is 0 Å². The number of nitrogens with zero attached hydrogens (tertiary/aromatic N) is 1. The van der Waals surface area contributed by atoms with E-state index in [4.69, 9.17) is 9.15 Å². The number of anilines is 1. The fraction of sp³-hybridized carbons (Fsp3) is 0.148. The SMILES string of the molecule is O=CP(c1ccccc1)(c1ccccc1)(c1ccccc1)c1cc(O[Cl+3]([O-])([O-])[O-])oc1N1CCOCC1. The van der Waals surface area contributed by atoms with Crippen LogP contribution in [0.15, 0.2) is 101 Å². The molecule has 0 aliphatic carbocycles. The van der Waals surface area contributed by atoms with Crippen LogP contribution in [0.4, 0.5) is 5.88 Å². The number of carbonyl (C=O) groups is 1. The third kappa shape index (κ3) is 4.22. The quantitative estimate of drug-likeness (QED) is 0.221. The van der Waals surface area contributed by atoms with Gasteiger partial charge >= 0.3 is 216 Å². The molecule has 8 nitrogen and oxygen atoms in total. The number of furan rings is 1. The molecule has 0 saturated carbocycles. The molecule has 1 aromatic heterocycles. The third-order valence-corrected chi connectivity index (χ3v) is 12.9. The second kappa shape index (κ2) is 9.91. The van der Waals surface area contributed by atoms with Gasteiger partial charge in [0, 0.05) is 0 Å². The number of hydrogen-bond acceptors (Lipinski definition) is 8. The van der Waals surface area contributed by atoms with Crippen LogP contribution >= 0.6 is 6.60 Å². The average Bonchev–Trinajstić information content (AvgIpc) is 3.35. The Morgan fingerprint density at radius 2 is 1.24 bits per heavy atom. The topological polar surface area (TPSA) is 121 Å². The predicted molar refractivity (Wildman–Crippen MR) is 134 cm³/mol. The van der Waals surface area contributed by atoms with E-state index < -0.39 is 22.8 Å². The first-order valence-corrected chi connectivity index (χ1v) is 15.2. The van der Waals surface area contributed by atoms with Gasteiger partial charge < -0.3 is 0 Å². The van der Waals surface area contributed by atoms with E-state index in [0.717, 1.165) is 21.9 Å². The second-order valence-corrected chi connectivity index (χ2v) is 14.1. The standard InChI is InChI=1S/C27H25ClNO7P/c30-21-37(22-10-4-1-5-11-22,23-12-6-2-7-13-23,24-14-8-3-9-15-24)25-20-26(36-28(31,32)33)35-27(25)29-16-18-34-19-17-29/h1-15,20-21H,16-19H2. The number of ether oxygens (including phenoxy) is 1. The molecular formula is C27H25ClNO7P. The van der Waals surface area contributed by atoms with E-state index in [1.165, 1.54) is 6.07 Å². The van der Waals surface area contributed by atoms with Crippen molar-refractivity contribution in [3.8, 4) is 5.95 Å². The summed E-state index contributed by atoms with van der Waals surface area (Å²) >= 11 is 0. The number of benzene rings is 3. The van der Waals surface area contributed by atoms with Gasteiger partial charge in [0.15, 0.2) is 0 Å². The summed E-state index contributed by atoms with van der Waals surface area (Å²) in [5.41, 5.74) is 0. The molecule has 0 N–H and O–H groups in total. The Morgan fingerprint density at radius 3 is 1.65 bits per heavy atom. The first kappa shape index (κ1) is 25.4. The Bertz CT molecular complexity index is 1250. The molecule has 3 aromatic carbocycles. The number of hydrogen-bond donors (Lipinski definition) is 0. The Morgan fingerprint density at radius 1 is 0.784 bits per heavy atom. The van der Waals surface area contributed by atoms with E-state index in [1.807, 2.05) is 95.9 Å². The number of rotatable bonds is 8. The van der Waals surface area contributed by atoms with Crippen molar-refractivity contribution in [2.45, 2.75) is 0 Å². The van der Waals surface area contributed by atoms with Crippen molar-refractivity contribution in [3.05, 3.63) is 97.1 Å². The fourth-order valence-electron chi connectivity index (χ4n) is 5.12. The molecule has 1 aliphatic rings. The van der Waals surface area contributed by atoms with Gasteiger partial charge in [-0.1, -0.05) is 0 Å². The molecule has 0 amide bonds. The number of morpholine rings is 1. The van der Waals surface area contributed by atoms with Crippen LogP contribution in [0.5, 0.6) is 5.95 Å². The van der Waals surface area contributed by atoms with Gasteiger partial charge in [0.2, 0.25) is 0 Å². The van der Waals surface area contributed by atoms with Gasteiger partial charge in [0.05, 0.1) is 0 Å². The van der Waals surface area contributed by atoms with Crippen molar-refractivity contribution in [1.29, 1.82) is 0 Å². The Kier molecular flexibility index (Phi) is 6.81. The predicted octanol–water partition coefficient (Wildman–Crippen LogP) is -0.262. The maximum atomic E-state index is 14.0. The molecule has 0 bridgehead atoms. The summed E-state index contributed by atoms with van der Waals surface area (Å²) in [7, 11) is -4.83. The van der Waals surface area contributed by atoms with Crippen molar-refractivity contribution in [3.63, 3.8) is 0 Å². The van der Waals surface area contributed by atoms with Crippen LogP contribution in [0.2, 0.25) is 0 Å². The molecule has 4 aromatic rings. The van der Waals surface area contributed by atoms with Crippen LogP contribution in [0.25, 0.3) is 0 Å². The van der Waals surface area contributed by atoms with Crippen molar-refractivity contribution in [1.82, 2.24) is 0 Å². The molecular weight excluding hydrogens is 517 g/mol. The summed E-state index contributed by atoms with van der Waals surface area (Å²) in [5, 5.41) is 2.63. The summed E-state index contributed by atoms with van der Waals surface area (Å²) in [6.07, 6.45) is 0.